The van der Waals surface area contributed by atoms with Gasteiger partial charge in [0.1, 0.15) is 16.8 Å². The molecule has 0 spiro atoms. The average molecular weight is 478 g/mol. The number of ether oxygens (including phenoxy) is 1. The van der Waals surface area contributed by atoms with Crippen molar-refractivity contribution in [2.75, 3.05) is 11.9 Å². The summed E-state index contributed by atoms with van der Waals surface area (Å²) in [4.78, 5) is 29.5. The fourth-order valence-corrected chi connectivity index (χ4v) is 5.02. The molecule has 1 atom stereocenters. The number of amides is 2. The summed E-state index contributed by atoms with van der Waals surface area (Å²) in [5.74, 6) is 0.495. The zero-order chi connectivity index (χ0) is 23.9. The van der Waals surface area contributed by atoms with Crippen LogP contribution in [0.3, 0.4) is 0 Å². The Kier molecular flexibility index (Phi) is 7.34. The number of thiophene rings is 1. The van der Waals surface area contributed by atoms with Gasteiger partial charge in [-0.1, -0.05) is 11.2 Å². The van der Waals surface area contributed by atoms with Crippen molar-refractivity contribution >= 4 is 34.4 Å². The van der Waals surface area contributed by atoms with E-state index in [1.165, 1.54) is 17.4 Å². The van der Waals surface area contributed by atoms with E-state index >= 15 is 0 Å². The maximum atomic E-state index is 12.4. The van der Waals surface area contributed by atoms with Crippen LogP contribution in [0.2, 0.25) is 0 Å². The molecule has 4 rings (SSSR count). The normalized spacial score (nSPS) is 14.9. The summed E-state index contributed by atoms with van der Waals surface area (Å²) in [7, 11) is 0. The van der Waals surface area contributed by atoms with E-state index in [-0.39, 0.29) is 25.0 Å². The third-order valence-electron chi connectivity index (χ3n) is 5.55. The highest BCUT2D eigenvalue weighted by Gasteiger charge is 2.27. The van der Waals surface area contributed by atoms with E-state index in [2.05, 4.69) is 26.8 Å². The number of alkyl carbamates (subject to hydrolysis) is 1. The first kappa shape index (κ1) is 23.2. The molecule has 0 saturated heterocycles. The van der Waals surface area contributed by atoms with Crippen LogP contribution in [0.15, 0.2) is 41.3 Å². The Morgan fingerprint density at radius 3 is 3.03 bits per heavy atom. The second kappa shape index (κ2) is 10.8. The van der Waals surface area contributed by atoms with Crippen LogP contribution < -0.4 is 10.6 Å². The lowest BCUT2D eigenvalue weighted by molar-refractivity contribution is -0.111. The first-order chi connectivity index (χ1) is 16.5. The maximum absolute atomic E-state index is 12.4. The molecule has 34 heavy (non-hydrogen) atoms. The number of nitriles is 1. The highest BCUT2D eigenvalue weighted by Crippen LogP contribution is 2.39. The Morgan fingerprint density at radius 1 is 1.41 bits per heavy atom. The van der Waals surface area contributed by atoms with Gasteiger partial charge in [0.15, 0.2) is 0 Å². The van der Waals surface area contributed by atoms with Gasteiger partial charge in [-0.25, -0.2) is 4.79 Å². The van der Waals surface area contributed by atoms with Gasteiger partial charge in [0.25, 0.3) is 0 Å². The molecule has 3 heterocycles. The van der Waals surface area contributed by atoms with Crippen LogP contribution in [0.25, 0.3) is 6.08 Å². The molecule has 0 bridgehead atoms. The van der Waals surface area contributed by atoms with Gasteiger partial charge in [-0.15, -0.1) is 11.3 Å². The maximum Gasteiger partial charge on any atom is 0.407 e. The molecule has 0 fully saturated rings. The minimum atomic E-state index is -0.497. The summed E-state index contributed by atoms with van der Waals surface area (Å²) >= 11 is 1.41. The number of nitrogens with zero attached hydrogens (tertiary/aromatic N) is 3. The molecule has 10 heteroatoms. The van der Waals surface area contributed by atoms with Crippen LogP contribution in [0.4, 0.5) is 9.80 Å². The number of pyridine rings is 1. The number of aryl methyl sites for hydroxylation is 1. The van der Waals surface area contributed by atoms with Gasteiger partial charge >= 0.3 is 6.09 Å². The Morgan fingerprint density at radius 2 is 2.29 bits per heavy atom. The van der Waals surface area contributed by atoms with Gasteiger partial charge in [0, 0.05) is 28.9 Å². The van der Waals surface area contributed by atoms with Crippen LogP contribution in [0.1, 0.15) is 39.3 Å². The van der Waals surface area contributed by atoms with Crippen molar-refractivity contribution in [3.63, 3.8) is 0 Å². The summed E-state index contributed by atoms with van der Waals surface area (Å²) in [6.45, 7) is 2.35. The average Bonchev–Trinajstić information content (AvgIpc) is 3.42. The molecular formula is C24H23N5O4S. The van der Waals surface area contributed by atoms with Crippen LogP contribution in [0.5, 0.6) is 0 Å². The summed E-state index contributed by atoms with van der Waals surface area (Å²) in [6, 6.07) is 5.87. The number of carbonyl (C=O) groups is 2. The van der Waals surface area contributed by atoms with E-state index in [1.807, 2.05) is 6.07 Å². The largest absolute Gasteiger partial charge is 0.449 e. The Hall–Kier alpha value is -3.97. The standard InChI is InChI=1S/C24H23N5O4S/c1-15-18(13-28-33-15)12-27-24(31)32-14-17-4-6-19-20(10-25)23(34-21(19)9-17)29-22(30)7-5-16-3-2-8-26-11-16/h2-3,5,7-8,11,13,17H,4,6,9,12,14H2,1H3,(H,27,31)(H,29,30). The highest BCUT2D eigenvalue weighted by molar-refractivity contribution is 7.16. The lowest BCUT2D eigenvalue weighted by atomic mass is 9.88. The topological polar surface area (TPSA) is 130 Å². The first-order valence-corrected chi connectivity index (χ1v) is 11.6. The van der Waals surface area contributed by atoms with E-state index in [1.54, 1.807) is 37.7 Å². The molecule has 2 N–H and O–H groups in total. The number of carbonyl (C=O) groups excluding carboxylic acids is 2. The van der Waals surface area contributed by atoms with Crippen LogP contribution in [-0.2, 0) is 28.9 Å². The van der Waals surface area contributed by atoms with Gasteiger partial charge < -0.3 is 19.9 Å². The monoisotopic (exact) mass is 477 g/mol. The zero-order valence-corrected chi connectivity index (χ0v) is 19.4. The molecule has 1 aliphatic carbocycles. The molecule has 1 unspecified atom stereocenters. The lowest BCUT2D eigenvalue weighted by Gasteiger charge is -2.21. The summed E-state index contributed by atoms with van der Waals surface area (Å²) in [5.41, 5.74) is 3.10. The van der Waals surface area contributed by atoms with Crippen molar-refractivity contribution in [3.8, 4) is 6.07 Å². The summed E-state index contributed by atoms with van der Waals surface area (Å²) < 4.78 is 10.4. The Balaban J connectivity index is 1.31. The van der Waals surface area contributed by atoms with E-state index in [0.29, 0.717) is 29.2 Å². The summed E-state index contributed by atoms with van der Waals surface area (Å²) in [5, 5.41) is 19.4. The third-order valence-corrected chi connectivity index (χ3v) is 6.72. The van der Waals surface area contributed by atoms with Crippen LogP contribution in [0, 0.1) is 24.2 Å². The number of anilines is 1. The lowest BCUT2D eigenvalue weighted by Crippen LogP contribution is -2.27. The quantitative estimate of drug-likeness (QED) is 0.492. The van der Waals surface area contributed by atoms with Gasteiger partial charge in [-0.2, -0.15) is 5.26 Å². The van der Waals surface area contributed by atoms with Crippen molar-refractivity contribution in [2.45, 2.75) is 32.7 Å². The first-order valence-electron chi connectivity index (χ1n) is 10.8. The molecular weight excluding hydrogens is 454 g/mol. The van der Waals surface area contributed by atoms with Crippen LogP contribution >= 0.6 is 11.3 Å². The fraction of sp³-hybridized carbons (Fsp3) is 0.292. The minimum absolute atomic E-state index is 0.148. The van der Waals surface area contributed by atoms with Crippen molar-refractivity contribution < 1.29 is 18.8 Å². The fourth-order valence-electron chi connectivity index (χ4n) is 3.70. The molecule has 3 aromatic rings. The smallest absolute Gasteiger partial charge is 0.407 e. The van der Waals surface area contributed by atoms with Gasteiger partial charge in [-0.05, 0) is 55.4 Å². The Labute approximate surface area is 200 Å². The predicted octanol–water partition coefficient (Wildman–Crippen LogP) is 3.99. The van der Waals surface area contributed by atoms with Gasteiger partial charge in [-0.3, -0.25) is 9.78 Å². The van der Waals surface area contributed by atoms with E-state index in [4.69, 9.17) is 9.26 Å². The third kappa shape index (κ3) is 5.68. The van der Waals surface area contributed by atoms with Crippen molar-refractivity contribution in [3.05, 3.63) is 69.7 Å². The van der Waals surface area contributed by atoms with Gasteiger partial charge in [0.2, 0.25) is 5.91 Å². The van der Waals surface area contributed by atoms with Crippen LogP contribution in [-0.4, -0.2) is 28.7 Å². The molecule has 0 saturated carbocycles. The number of nitrogens with one attached hydrogen (secondary N) is 2. The number of hydrogen-bond acceptors (Lipinski definition) is 8. The van der Waals surface area contributed by atoms with Crippen molar-refractivity contribution in [2.24, 2.45) is 5.92 Å². The second-order valence-corrected chi connectivity index (χ2v) is 9.00. The highest BCUT2D eigenvalue weighted by atomic mass is 32.1. The Bertz CT molecular complexity index is 1240. The molecule has 0 aliphatic heterocycles. The molecule has 0 aromatic carbocycles. The van der Waals surface area contributed by atoms with E-state index in [9.17, 15) is 14.9 Å². The van der Waals surface area contributed by atoms with E-state index in [0.717, 1.165) is 28.0 Å². The van der Waals surface area contributed by atoms with Gasteiger partial charge in [0.05, 0.1) is 24.9 Å². The van der Waals surface area contributed by atoms with E-state index < -0.39 is 6.09 Å². The minimum Gasteiger partial charge on any atom is -0.449 e. The molecule has 1 aliphatic rings. The van der Waals surface area contributed by atoms with Crippen molar-refractivity contribution in [1.82, 2.24) is 15.5 Å². The number of fused-ring (bicyclic) bond motifs is 1. The number of rotatable bonds is 7. The second-order valence-electron chi connectivity index (χ2n) is 7.90. The molecule has 0 radical (unpaired) electrons. The zero-order valence-electron chi connectivity index (χ0n) is 18.5. The predicted molar refractivity (Wildman–Crippen MR) is 126 cm³/mol. The number of hydrogen-bond donors (Lipinski definition) is 2. The molecule has 2 amide bonds. The number of aromatic nitrogens is 2. The molecule has 174 valence electrons. The molecule has 9 nitrogen and oxygen atoms in total. The molecule has 3 aromatic heterocycles. The SMILES string of the molecule is Cc1oncc1CNC(=O)OCC1CCc2c(sc(NC(=O)C=Cc3cccnc3)c2C#N)C1. The van der Waals surface area contributed by atoms with Crippen molar-refractivity contribution in [1.29, 1.82) is 5.26 Å². The summed E-state index contributed by atoms with van der Waals surface area (Å²) in [6.07, 6.45) is 9.67.